The average Bonchev–Trinajstić information content (AvgIpc) is 2.44. The van der Waals surface area contributed by atoms with Gasteiger partial charge in [-0.1, -0.05) is 5.92 Å². The molecule has 1 amide bonds. The summed E-state index contributed by atoms with van der Waals surface area (Å²) in [6.45, 7) is 0.0634. The molecule has 0 aromatic rings. The third-order valence-corrected chi connectivity index (χ3v) is 1.74. The molecule has 0 aromatic heterocycles. The van der Waals surface area contributed by atoms with Gasteiger partial charge in [0.15, 0.2) is 0 Å². The fourth-order valence-electron chi connectivity index (χ4n) is 1.08. The van der Waals surface area contributed by atoms with Crippen LogP contribution in [0, 0.1) is 18.3 Å². The van der Waals surface area contributed by atoms with Crippen LogP contribution in [-0.2, 0) is 14.4 Å². The molecular weight excluding hydrogens is 174 g/mol. The molecule has 5 heteroatoms. The highest BCUT2D eigenvalue weighted by atomic mass is 16.7. The van der Waals surface area contributed by atoms with E-state index in [9.17, 15) is 9.59 Å². The Morgan fingerprint density at radius 3 is 3.00 bits per heavy atom. The highest BCUT2D eigenvalue weighted by Crippen LogP contribution is 2.17. The standard InChI is InChI=1S/C8H9NO4/c1-2-3-13-9-5-6(8(11)12)4-7(9)10/h1,6H,3-5H2,(H,11,12). The molecule has 13 heavy (non-hydrogen) atoms. The van der Waals surface area contributed by atoms with Gasteiger partial charge in [-0.25, -0.2) is 5.06 Å². The van der Waals surface area contributed by atoms with E-state index in [-0.39, 0.29) is 25.5 Å². The quantitative estimate of drug-likeness (QED) is 0.598. The van der Waals surface area contributed by atoms with Gasteiger partial charge in [-0.2, -0.15) is 0 Å². The topological polar surface area (TPSA) is 66.8 Å². The molecule has 1 saturated heterocycles. The van der Waals surface area contributed by atoms with Crippen LogP contribution in [-0.4, -0.2) is 35.2 Å². The first-order valence-electron chi connectivity index (χ1n) is 3.74. The maximum atomic E-state index is 11.1. The van der Waals surface area contributed by atoms with Gasteiger partial charge in [0.2, 0.25) is 5.91 Å². The minimum Gasteiger partial charge on any atom is -0.481 e. The summed E-state index contributed by atoms with van der Waals surface area (Å²) in [6.07, 6.45) is 4.90. The number of hydroxylamine groups is 2. The van der Waals surface area contributed by atoms with Crippen molar-refractivity contribution in [1.29, 1.82) is 0 Å². The van der Waals surface area contributed by atoms with E-state index in [1.54, 1.807) is 0 Å². The Morgan fingerprint density at radius 2 is 2.54 bits per heavy atom. The van der Waals surface area contributed by atoms with Crippen molar-refractivity contribution < 1.29 is 19.5 Å². The smallest absolute Gasteiger partial charge is 0.308 e. The molecule has 0 aromatic carbocycles. The Hall–Kier alpha value is -1.54. The first kappa shape index (κ1) is 9.55. The Morgan fingerprint density at radius 1 is 1.85 bits per heavy atom. The first-order valence-corrected chi connectivity index (χ1v) is 3.74. The Bertz CT molecular complexity index is 268. The van der Waals surface area contributed by atoms with Crippen molar-refractivity contribution >= 4 is 11.9 Å². The van der Waals surface area contributed by atoms with Crippen molar-refractivity contribution in [3.63, 3.8) is 0 Å². The molecule has 0 saturated carbocycles. The van der Waals surface area contributed by atoms with Gasteiger partial charge in [0, 0.05) is 6.42 Å². The second-order valence-corrected chi connectivity index (χ2v) is 2.67. The molecule has 1 fully saturated rings. The number of terminal acetylenes is 1. The van der Waals surface area contributed by atoms with Crippen molar-refractivity contribution in [2.24, 2.45) is 5.92 Å². The van der Waals surface area contributed by atoms with E-state index in [1.165, 1.54) is 0 Å². The molecule has 1 atom stereocenters. The van der Waals surface area contributed by atoms with E-state index >= 15 is 0 Å². The summed E-state index contributed by atoms with van der Waals surface area (Å²) < 4.78 is 0. The van der Waals surface area contributed by atoms with Crippen molar-refractivity contribution in [2.75, 3.05) is 13.2 Å². The van der Waals surface area contributed by atoms with Gasteiger partial charge >= 0.3 is 5.97 Å². The van der Waals surface area contributed by atoms with Crippen LogP contribution in [0.2, 0.25) is 0 Å². The van der Waals surface area contributed by atoms with Crippen LogP contribution in [0.1, 0.15) is 6.42 Å². The number of rotatable bonds is 3. The lowest BCUT2D eigenvalue weighted by Crippen LogP contribution is -2.26. The predicted octanol–water partition coefficient (Wildman–Crippen LogP) is -0.516. The molecule has 1 N–H and O–H groups in total. The lowest BCUT2D eigenvalue weighted by atomic mass is 10.1. The van der Waals surface area contributed by atoms with E-state index in [2.05, 4.69) is 5.92 Å². The fraction of sp³-hybridized carbons (Fsp3) is 0.500. The molecule has 1 heterocycles. The molecule has 0 radical (unpaired) electrons. The lowest BCUT2D eigenvalue weighted by Gasteiger charge is -2.12. The molecule has 0 spiro atoms. The number of nitrogens with zero attached hydrogens (tertiary/aromatic N) is 1. The molecule has 1 unspecified atom stereocenters. The Kier molecular flexibility index (Phi) is 2.88. The highest BCUT2D eigenvalue weighted by molar-refractivity contribution is 5.85. The maximum Gasteiger partial charge on any atom is 0.308 e. The van der Waals surface area contributed by atoms with Gasteiger partial charge < -0.3 is 5.11 Å². The van der Waals surface area contributed by atoms with Gasteiger partial charge in [0.25, 0.3) is 0 Å². The zero-order valence-corrected chi connectivity index (χ0v) is 6.90. The number of carboxylic acid groups (broad SMARTS) is 1. The highest BCUT2D eigenvalue weighted by Gasteiger charge is 2.34. The van der Waals surface area contributed by atoms with Crippen LogP contribution >= 0.6 is 0 Å². The number of carbonyl (C=O) groups is 2. The minimum atomic E-state index is -0.986. The molecular formula is C8H9NO4. The summed E-state index contributed by atoms with van der Waals surface area (Å²) in [5.41, 5.74) is 0. The Balaban J connectivity index is 2.47. The third-order valence-electron chi connectivity index (χ3n) is 1.74. The summed E-state index contributed by atoms with van der Waals surface area (Å²) in [4.78, 5) is 26.4. The largest absolute Gasteiger partial charge is 0.481 e. The number of carboxylic acids is 1. The van der Waals surface area contributed by atoms with E-state index in [0.29, 0.717) is 0 Å². The minimum absolute atomic E-state index is 0.0140. The van der Waals surface area contributed by atoms with Crippen LogP contribution in [0.4, 0.5) is 0 Å². The van der Waals surface area contributed by atoms with Crippen LogP contribution < -0.4 is 0 Å². The first-order chi connectivity index (χ1) is 6.15. The second-order valence-electron chi connectivity index (χ2n) is 2.67. The van der Waals surface area contributed by atoms with E-state index < -0.39 is 11.9 Å². The number of carbonyl (C=O) groups excluding carboxylic acids is 1. The summed E-state index contributed by atoms with van der Waals surface area (Å²) in [7, 11) is 0. The zero-order valence-electron chi connectivity index (χ0n) is 6.90. The van der Waals surface area contributed by atoms with E-state index in [0.717, 1.165) is 5.06 Å². The Labute approximate surface area is 75.2 Å². The number of hydrogen-bond acceptors (Lipinski definition) is 3. The van der Waals surface area contributed by atoms with Crippen LogP contribution in [0.5, 0.6) is 0 Å². The number of amides is 1. The van der Waals surface area contributed by atoms with E-state index in [4.69, 9.17) is 16.4 Å². The molecule has 0 aliphatic carbocycles. The van der Waals surface area contributed by atoms with Crippen molar-refractivity contribution in [3.8, 4) is 12.3 Å². The molecule has 70 valence electrons. The van der Waals surface area contributed by atoms with E-state index in [1.807, 2.05) is 0 Å². The zero-order chi connectivity index (χ0) is 9.84. The SMILES string of the molecule is C#CCON1CC(C(=O)O)CC1=O. The molecule has 1 aliphatic rings. The van der Waals surface area contributed by atoms with Crippen LogP contribution in [0.25, 0.3) is 0 Å². The van der Waals surface area contributed by atoms with Gasteiger partial charge in [-0.3, -0.25) is 14.4 Å². The van der Waals surface area contributed by atoms with Crippen molar-refractivity contribution in [2.45, 2.75) is 6.42 Å². The second kappa shape index (κ2) is 3.92. The van der Waals surface area contributed by atoms with Crippen molar-refractivity contribution in [3.05, 3.63) is 0 Å². The van der Waals surface area contributed by atoms with Crippen LogP contribution in [0.3, 0.4) is 0 Å². The monoisotopic (exact) mass is 183 g/mol. The third kappa shape index (κ3) is 2.20. The molecule has 0 bridgehead atoms. The van der Waals surface area contributed by atoms with Crippen molar-refractivity contribution in [1.82, 2.24) is 5.06 Å². The fourth-order valence-corrected chi connectivity index (χ4v) is 1.08. The predicted molar refractivity (Wildman–Crippen MR) is 42.2 cm³/mol. The molecule has 1 aliphatic heterocycles. The summed E-state index contributed by atoms with van der Waals surface area (Å²) in [5, 5.41) is 9.61. The number of hydrogen-bond donors (Lipinski definition) is 1. The average molecular weight is 183 g/mol. The number of aliphatic carboxylic acids is 1. The van der Waals surface area contributed by atoms with Gasteiger partial charge in [-0.15, -0.1) is 6.42 Å². The lowest BCUT2D eigenvalue weighted by molar-refractivity contribution is -0.173. The molecule has 1 rings (SSSR count). The van der Waals surface area contributed by atoms with Gasteiger partial charge in [0.05, 0.1) is 12.5 Å². The maximum absolute atomic E-state index is 11.1. The molecule has 5 nitrogen and oxygen atoms in total. The summed E-state index contributed by atoms with van der Waals surface area (Å²) in [6, 6.07) is 0. The van der Waals surface area contributed by atoms with Gasteiger partial charge in [-0.05, 0) is 0 Å². The van der Waals surface area contributed by atoms with Crippen LogP contribution in [0.15, 0.2) is 0 Å². The van der Waals surface area contributed by atoms with Gasteiger partial charge in [0.1, 0.15) is 6.61 Å². The summed E-state index contributed by atoms with van der Waals surface area (Å²) >= 11 is 0. The normalized spacial score (nSPS) is 21.6. The summed E-state index contributed by atoms with van der Waals surface area (Å²) in [5.74, 6) is 0.203.